The number of nitrogens with one attached hydrogen (secondary N) is 2. The first-order valence-electron chi connectivity index (χ1n) is 7.35. The molecule has 0 saturated carbocycles. The van der Waals surface area contributed by atoms with E-state index in [2.05, 4.69) is 15.6 Å². The second-order valence-corrected chi connectivity index (χ2v) is 5.03. The molecule has 116 valence electrons. The maximum Gasteiger partial charge on any atom is 0.274 e. The van der Waals surface area contributed by atoms with Gasteiger partial charge in [-0.15, -0.1) is 0 Å². The highest BCUT2D eigenvalue weighted by atomic mass is 16.1. The number of hydrogen-bond acceptors (Lipinski definition) is 4. The van der Waals surface area contributed by atoms with Gasteiger partial charge in [0.15, 0.2) is 0 Å². The first-order chi connectivity index (χ1) is 11.8. The minimum atomic E-state index is -0.366. The first-order valence-corrected chi connectivity index (χ1v) is 7.35. The minimum absolute atomic E-state index is 0.267. The predicted octanol–water partition coefficient (Wildman–Crippen LogP) is 3.95. The molecule has 1 amide bonds. The molecule has 0 spiro atoms. The van der Waals surface area contributed by atoms with E-state index in [4.69, 9.17) is 5.26 Å². The number of carbonyl (C=O) groups is 1. The third-order valence-electron chi connectivity index (χ3n) is 3.35. The maximum absolute atomic E-state index is 12.4. The highest BCUT2D eigenvalue weighted by Crippen LogP contribution is 2.18. The lowest BCUT2D eigenvalue weighted by atomic mass is 10.2. The zero-order valence-electron chi connectivity index (χ0n) is 12.7. The van der Waals surface area contributed by atoms with Gasteiger partial charge < -0.3 is 10.6 Å². The molecule has 0 aliphatic heterocycles. The van der Waals surface area contributed by atoms with Crippen LogP contribution in [0.2, 0.25) is 0 Å². The molecular weight excluding hydrogens is 300 g/mol. The molecule has 0 fully saturated rings. The van der Waals surface area contributed by atoms with E-state index >= 15 is 0 Å². The van der Waals surface area contributed by atoms with Crippen molar-refractivity contribution < 1.29 is 4.79 Å². The Morgan fingerprint density at radius 2 is 1.71 bits per heavy atom. The van der Waals surface area contributed by atoms with E-state index in [1.807, 2.05) is 36.4 Å². The lowest BCUT2D eigenvalue weighted by molar-refractivity contribution is 0.102. The number of nitrogens with zero attached hydrogens (tertiary/aromatic N) is 2. The summed E-state index contributed by atoms with van der Waals surface area (Å²) in [5, 5.41) is 15.0. The molecule has 0 saturated heterocycles. The second-order valence-electron chi connectivity index (χ2n) is 5.03. The quantitative estimate of drug-likeness (QED) is 0.764. The zero-order chi connectivity index (χ0) is 16.8. The van der Waals surface area contributed by atoms with E-state index in [1.165, 1.54) is 0 Å². The lowest BCUT2D eigenvalue weighted by Gasteiger charge is -2.09. The summed E-state index contributed by atoms with van der Waals surface area (Å²) < 4.78 is 0. The zero-order valence-corrected chi connectivity index (χ0v) is 12.7. The van der Waals surface area contributed by atoms with Crippen molar-refractivity contribution in [1.29, 1.82) is 5.26 Å². The molecule has 2 aromatic carbocycles. The Hall–Kier alpha value is -3.65. The van der Waals surface area contributed by atoms with Crippen LogP contribution in [0.15, 0.2) is 72.9 Å². The second kappa shape index (κ2) is 7.07. The van der Waals surface area contributed by atoms with Crippen LogP contribution in [-0.4, -0.2) is 10.9 Å². The molecule has 0 unspecified atom stereocenters. The standard InChI is InChI=1S/C19H14N4O/c20-13-14-6-4-5-9-17(14)23-19(24)18-12-16(10-11-21-18)22-15-7-2-1-3-8-15/h1-12H,(H,21,22)(H,23,24). The van der Waals surface area contributed by atoms with Crippen molar-refractivity contribution in [1.82, 2.24) is 4.98 Å². The van der Waals surface area contributed by atoms with Crippen molar-refractivity contribution in [3.8, 4) is 6.07 Å². The number of benzene rings is 2. The van der Waals surface area contributed by atoms with E-state index in [0.717, 1.165) is 11.4 Å². The van der Waals surface area contributed by atoms with Gasteiger partial charge in [0.25, 0.3) is 5.91 Å². The van der Waals surface area contributed by atoms with Crippen LogP contribution in [0.5, 0.6) is 0 Å². The third kappa shape index (κ3) is 3.57. The molecule has 0 bridgehead atoms. The summed E-state index contributed by atoms with van der Waals surface area (Å²) >= 11 is 0. The van der Waals surface area contributed by atoms with Crippen molar-refractivity contribution in [2.24, 2.45) is 0 Å². The average Bonchev–Trinajstić information content (AvgIpc) is 2.63. The fourth-order valence-electron chi connectivity index (χ4n) is 2.20. The maximum atomic E-state index is 12.4. The summed E-state index contributed by atoms with van der Waals surface area (Å²) in [4.78, 5) is 16.5. The number of nitriles is 1. The average molecular weight is 314 g/mol. The van der Waals surface area contributed by atoms with Crippen LogP contribution in [0.4, 0.5) is 17.1 Å². The highest BCUT2D eigenvalue weighted by Gasteiger charge is 2.10. The first kappa shape index (κ1) is 15.3. The van der Waals surface area contributed by atoms with E-state index in [1.54, 1.807) is 42.6 Å². The van der Waals surface area contributed by atoms with E-state index in [0.29, 0.717) is 11.3 Å². The van der Waals surface area contributed by atoms with Gasteiger partial charge in [-0.2, -0.15) is 5.26 Å². The molecule has 0 atom stereocenters. The molecule has 3 rings (SSSR count). The Balaban J connectivity index is 1.78. The molecule has 24 heavy (non-hydrogen) atoms. The van der Waals surface area contributed by atoms with E-state index in [-0.39, 0.29) is 11.6 Å². The molecular formula is C19H14N4O. The smallest absolute Gasteiger partial charge is 0.274 e. The Morgan fingerprint density at radius 1 is 0.958 bits per heavy atom. The van der Waals surface area contributed by atoms with Crippen molar-refractivity contribution in [2.75, 3.05) is 10.6 Å². The van der Waals surface area contributed by atoms with Crippen LogP contribution in [0.1, 0.15) is 16.1 Å². The van der Waals surface area contributed by atoms with Crippen molar-refractivity contribution in [3.63, 3.8) is 0 Å². The lowest BCUT2D eigenvalue weighted by Crippen LogP contribution is -2.14. The Labute approximate surface area is 139 Å². The SMILES string of the molecule is N#Cc1ccccc1NC(=O)c1cc(Nc2ccccc2)ccn1. The van der Waals surface area contributed by atoms with Crippen molar-refractivity contribution >= 4 is 23.0 Å². The van der Waals surface area contributed by atoms with Gasteiger partial charge in [0.1, 0.15) is 11.8 Å². The number of rotatable bonds is 4. The highest BCUT2D eigenvalue weighted by molar-refractivity contribution is 6.04. The summed E-state index contributed by atoms with van der Waals surface area (Å²) in [5.74, 6) is -0.366. The van der Waals surface area contributed by atoms with Crippen LogP contribution in [0.25, 0.3) is 0 Å². The Kier molecular flexibility index (Phi) is 4.50. The summed E-state index contributed by atoms with van der Waals surface area (Å²) in [7, 11) is 0. The van der Waals surface area contributed by atoms with Gasteiger partial charge in [-0.3, -0.25) is 9.78 Å². The molecule has 2 N–H and O–H groups in total. The Bertz CT molecular complexity index is 900. The third-order valence-corrected chi connectivity index (χ3v) is 3.35. The molecule has 5 nitrogen and oxygen atoms in total. The van der Waals surface area contributed by atoms with Gasteiger partial charge in [0, 0.05) is 17.6 Å². The minimum Gasteiger partial charge on any atom is -0.355 e. The van der Waals surface area contributed by atoms with E-state index < -0.39 is 0 Å². The number of aromatic nitrogens is 1. The summed E-state index contributed by atoms with van der Waals surface area (Å²) in [6.07, 6.45) is 1.57. The molecule has 0 aliphatic carbocycles. The summed E-state index contributed by atoms with van der Waals surface area (Å²) in [6, 6.07) is 22.0. The van der Waals surface area contributed by atoms with Crippen LogP contribution < -0.4 is 10.6 Å². The summed E-state index contributed by atoms with van der Waals surface area (Å²) in [5.41, 5.74) is 2.82. The van der Waals surface area contributed by atoms with Gasteiger partial charge in [-0.1, -0.05) is 30.3 Å². The fraction of sp³-hybridized carbons (Fsp3) is 0. The molecule has 1 aromatic heterocycles. The molecule has 0 radical (unpaired) electrons. The van der Waals surface area contributed by atoms with Crippen molar-refractivity contribution in [2.45, 2.75) is 0 Å². The number of amides is 1. The number of para-hydroxylation sites is 2. The normalized spacial score (nSPS) is 9.79. The topological polar surface area (TPSA) is 77.8 Å². The van der Waals surface area contributed by atoms with Crippen LogP contribution in [0, 0.1) is 11.3 Å². The predicted molar refractivity (Wildman–Crippen MR) is 93.1 cm³/mol. The van der Waals surface area contributed by atoms with Crippen LogP contribution >= 0.6 is 0 Å². The number of anilines is 3. The van der Waals surface area contributed by atoms with E-state index in [9.17, 15) is 4.79 Å². The molecule has 1 heterocycles. The molecule has 3 aromatic rings. The number of hydrogen-bond donors (Lipinski definition) is 2. The number of carbonyl (C=O) groups excluding carboxylic acids is 1. The monoisotopic (exact) mass is 314 g/mol. The van der Waals surface area contributed by atoms with Crippen molar-refractivity contribution in [3.05, 3.63) is 84.2 Å². The summed E-state index contributed by atoms with van der Waals surface area (Å²) in [6.45, 7) is 0. The van der Waals surface area contributed by atoms with Gasteiger partial charge >= 0.3 is 0 Å². The van der Waals surface area contributed by atoms with Crippen LogP contribution in [0.3, 0.4) is 0 Å². The number of pyridine rings is 1. The van der Waals surface area contributed by atoms with Gasteiger partial charge in [0.2, 0.25) is 0 Å². The van der Waals surface area contributed by atoms with Crippen LogP contribution in [-0.2, 0) is 0 Å². The largest absolute Gasteiger partial charge is 0.355 e. The fourth-order valence-corrected chi connectivity index (χ4v) is 2.20. The van der Waals surface area contributed by atoms with Gasteiger partial charge in [0.05, 0.1) is 11.3 Å². The van der Waals surface area contributed by atoms with Gasteiger partial charge in [-0.25, -0.2) is 0 Å². The molecule has 0 aliphatic rings. The van der Waals surface area contributed by atoms with Gasteiger partial charge in [-0.05, 0) is 36.4 Å². The Morgan fingerprint density at radius 3 is 2.50 bits per heavy atom. The molecule has 5 heteroatoms.